The standard InChI is InChI=1S/C20H26BO2/c1-19(2,3)16-10-15(11-17(13-16)20(4,5)6)14-8-7-9-18(12-14)23-21-22/h7-13,22H,1-6H3. The molecule has 23 heavy (non-hydrogen) atoms. The first kappa shape index (κ1) is 17.6. The number of benzene rings is 2. The summed E-state index contributed by atoms with van der Waals surface area (Å²) in [5, 5.41) is 8.84. The molecule has 0 aliphatic rings. The fourth-order valence-electron chi connectivity index (χ4n) is 2.47. The third-order valence-corrected chi connectivity index (χ3v) is 4.02. The van der Waals surface area contributed by atoms with E-state index in [1.54, 1.807) is 0 Å². The molecule has 121 valence electrons. The average Bonchev–Trinajstić information content (AvgIpc) is 2.45. The van der Waals surface area contributed by atoms with Crippen LogP contribution < -0.4 is 4.65 Å². The summed E-state index contributed by atoms with van der Waals surface area (Å²) in [5.41, 5.74) is 5.07. The minimum absolute atomic E-state index is 0.0863. The van der Waals surface area contributed by atoms with Crippen LogP contribution in [-0.4, -0.2) is 12.7 Å². The molecule has 0 spiro atoms. The monoisotopic (exact) mass is 309 g/mol. The van der Waals surface area contributed by atoms with Crippen molar-refractivity contribution in [2.75, 3.05) is 0 Å². The molecule has 0 heterocycles. The second-order valence-electron chi connectivity index (χ2n) is 8.05. The smallest absolute Gasteiger partial charge is 0.537 e. The van der Waals surface area contributed by atoms with Gasteiger partial charge < -0.3 is 9.68 Å². The van der Waals surface area contributed by atoms with E-state index in [9.17, 15) is 0 Å². The first-order chi connectivity index (χ1) is 10.6. The molecule has 0 aliphatic heterocycles. The van der Waals surface area contributed by atoms with Crippen LogP contribution in [0.15, 0.2) is 42.5 Å². The van der Waals surface area contributed by atoms with Gasteiger partial charge in [0.1, 0.15) is 5.75 Å². The van der Waals surface area contributed by atoms with Gasteiger partial charge in [0.25, 0.3) is 0 Å². The molecule has 2 rings (SSSR count). The molecule has 2 aromatic rings. The normalized spacial score (nSPS) is 12.1. The molecule has 0 fully saturated rings. The number of hydrogen-bond acceptors (Lipinski definition) is 2. The summed E-state index contributed by atoms with van der Waals surface area (Å²) in [4.78, 5) is 0. The second kappa shape index (κ2) is 6.41. The van der Waals surface area contributed by atoms with Gasteiger partial charge in [0, 0.05) is 0 Å². The molecule has 3 heteroatoms. The zero-order valence-electron chi connectivity index (χ0n) is 15.0. The van der Waals surface area contributed by atoms with Crippen molar-refractivity contribution in [1.82, 2.24) is 0 Å². The van der Waals surface area contributed by atoms with Gasteiger partial charge in [-0.25, -0.2) is 0 Å². The van der Waals surface area contributed by atoms with E-state index in [1.807, 2.05) is 18.2 Å². The van der Waals surface area contributed by atoms with Gasteiger partial charge >= 0.3 is 7.69 Å². The summed E-state index contributed by atoms with van der Waals surface area (Å²) < 4.78 is 5.09. The van der Waals surface area contributed by atoms with Crippen molar-refractivity contribution in [2.24, 2.45) is 0 Å². The van der Waals surface area contributed by atoms with Gasteiger partial charge in [-0.2, -0.15) is 0 Å². The van der Waals surface area contributed by atoms with E-state index in [-0.39, 0.29) is 10.8 Å². The highest BCUT2D eigenvalue weighted by molar-refractivity contribution is 6.17. The Morgan fingerprint density at radius 3 is 1.83 bits per heavy atom. The highest BCUT2D eigenvalue weighted by Gasteiger charge is 2.20. The molecular weight excluding hydrogens is 283 g/mol. The van der Waals surface area contributed by atoms with Gasteiger partial charge in [-0.1, -0.05) is 71.9 Å². The van der Waals surface area contributed by atoms with E-state index in [1.165, 1.54) is 16.7 Å². The van der Waals surface area contributed by atoms with Gasteiger partial charge in [0.2, 0.25) is 0 Å². The molecule has 0 unspecified atom stereocenters. The molecule has 0 amide bonds. The van der Waals surface area contributed by atoms with Crippen molar-refractivity contribution in [3.63, 3.8) is 0 Å². The number of hydrogen-bond donors (Lipinski definition) is 1. The van der Waals surface area contributed by atoms with Gasteiger partial charge in [-0.15, -0.1) is 0 Å². The van der Waals surface area contributed by atoms with Crippen LogP contribution in [0, 0.1) is 0 Å². The van der Waals surface area contributed by atoms with E-state index in [2.05, 4.69) is 65.8 Å². The molecule has 0 bridgehead atoms. The zero-order valence-corrected chi connectivity index (χ0v) is 15.0. The predicted octanol–water partition coefficient (Wildman–Crippen LogP) is 4.85. The highest BCUT2D eigenvalue weighted by Crippen LogP contribution is 2.34. The lowest BCUT2D eigenvalue weighted by Gasteiger charge is -2.26. The lowest BCUT2D eigenvalue weighted by molar-refractivity contribution is 0.454. The van der Waals surface area contributed by atoms with Crippen LogP contribution in [0.4, 0.5) is 0 Å². The summed E-state index contributed by atoms with van der Waals surface area (Å²) in [6.45, 7) is 13.4. The Bertz CT molecular complexity index is 647. The fraction of sp³-hybridized carbons (Fsp3) is 0.400. The van der Waals surface area contributed by atoms with Crippen LogP contribution in [0.2, 0.25) is 0 Å². The molecule has 1 radical (unpaired) electrons. The van der Waals surface area contributed by atoms with Gasteiger partial charge in [0.15, 0.2) is 0 Å². The third kappa shape index (κ3) is 4.39. The van der Waals surface area contributed by atoms with E-state index < -0.39 is 0 Å². The SMILES string of the molecule is CC(C)(C)c1cc(-c2cccc(O[B]O)c2)cc(C(C)(C)C)c1. The summed E-state index contributed by atoms with van der Waals surface area (Å²) in [6.07, 6.45) is 0. The third-order valence-electron chi connectivity index (χ3n) is 4.02. The van der Waals surface area contributed by atoms with Gasteiger partial charge in [-0.05, 0) is 45.2 Å². The van der Waals surface area contributed by atoms with E-state index in [4.69, 9.17) is 9.68 Å². The Balaban J connectivity index is 2.59. The van der Waals surface area contributed by atoms with Crippen LogP contribution >= 0.6 is 0 Å². The molecule has 2 nitrogen and oxygen atoms in total. The van der Waals surface area contributed by atoms with E-state index >= 15 is 0 Å². The van der Waals surface area contributed by atoms with Crippen LogP contribution in [0.3, 0.4) is 0 Å². The van der Waals surface area contributed by atoms with Gasteiger partial charge in [0.05, 0.1) is 0 Å². The Labute approximate surface area is 140 Å². The summed E-state index contributed by atoms with van der Waals surface area (Å²) in [7, 11) is 0.714. The van der Waals surface area contributed by atoms with Crippen molar-refractivity contribution < 1.29 is 9.68 Å². The second-order valence-corrected chi connectivity index (χ2v) is 8.05. The quantitative estimate of drug-likeness (QED) is 0.821. The molecular formula is C20H26BO2. The maximum atomic E-state index is 8.84. The Kier molecular flexibility index (Phi) is 4.91. The van der Waals surface area contributed by atoms with Crippen molar-refractivity contribution in [3.8, 4) is 16.9 Å². The van der Waals surface area contributed by atoms with Crippen molar-refractivity contribution >= 4 is 7.69 Å². The topological polar surface area (TPSA) is 29.5 Å². The Morgan fingerprint density at radius 1 is 0.783 bits per heavy atom. The minimum atomic E-state index is 0.0863. The number of rotatable bonds is 3. The van der Waals surface area contributed by atoms with Crippen LogP contribution in [-0.2, 0) is 10.8 Å². The largest absolute Gasteiger partial charge is 0.569 e. The average molecular weight is 309 g/mol. The van der Waals surface area contributed by atoms with Gasteiger partial charge in [-0.3, -0.25) is 0 Å². The summed E-state index contributed by atoms with van der Waals surface area (Å²) in [6, 6.07) is 14.6. The lowest BCUT2D eigenvalue weighted by atomic mass is 9.79. The first-order valence-electron chi connectivity index (χ1n) is 8.00. The molecule has 0 saturated carbocycles. The first-order valence-corrected chi connectivity index (χ1v) is 8.00. The van der Waals surface area contributed by atoms with Crippen molar-refractivity contribution in [1.29, 1.82) is 0 Å². The summed E-state index contributed by atoms with van der Waals surface area (Å²) in [5.74, 6) is 0.628. The molecule has 0 aliphatic carbocycles. The fourth-order valence-corrected chi connectivity index (χ4v) is 2.47. The Hall–Kier alpha value is -1.74. The molecule has 0 saturated heterocycles. The van der Waals surface area contributed by atoms with Crippen LogP contribution in [0.25, 0.3) is 11.1 Å². The Morgan fingerprint density at radius 2 is 1.35 bits per heavy atom. The maximum Gasteiger partial charge on any atom is 0.569 e. The summed E-state index contributed by atoms with van der Waals surface area (Å²) >= 11 is 0. The van der Waals surface area contributed by atoms with Crippen LogP contribution in [0.1, 0.15) is 52.7 Å². The lowest BCUT2D eigenvalue weighted by Crippen LogP contribution is -2.16. The molecule has 0 aromatic heterocycles. The van der Waals surface area contributed by atoms with E-state index in [0.717, 1.165) is 5.56 Å². The minimum Gasteiger partial charge on any atom is -0.537 e. The molecule has 1 N–H and O–H groups in total. The molecule has 2 aromatic carbocycles. The van der Waals surface area contributed by atoms with Crippen molar-refractivity contribution in [2.45, 2.75) is 52.4 Å². The maximum absolute atomic E-state index is 8.84. The predicted molar refractivity (Wildman–Crippen MR) is 97.9 cm³/mol. The zero-order chi connectivity index (χ0) is 17.3. The van der Waals surface area contributed by atoms with Crippen molar-refractivity contribution in [3.05, 3.63) is 53.6 Å². The van der Waals surface area contributed by atoms with Crippen LogP contribution in [0.5, 0.6) is 5.75 Å². The highest BCUT2D eigenvalue weighted by atomic mass is 16.5. The van der Waals surface area contributed by atoms with E-state index in [0.29, 0.717) is 13.4 Å². The molecule has 0 atom stereocenters.